The lowest BCUT2D eigenvalue weighted by atomic mass is 10.1. The van der Waals surface area contributed by atoms with Gasteiger partial charge in [-0.2, -0.15) is 0 Å². The normalized spacial score (nSPS) is 10.9. The molecule has 0 bridgehead atoms. The summed E-state index contributed by atoms with van der Waals surface area (Å²) < 4.78 is 3.14. The first-order valence-corrected chi connectivity index (χ1v) is 6.13. The van der Waals surface area contributed by atoms with E-state index in [9.17, 15) is 4.79 Å². The van der Waals surface area contributed by atoms with Crippen molar-refractivity contribution in [3.63, 3.8) is 0 Å². The van der Waals surface area contributed by atoms with Gasteiger partial charge in [0.25, 0.3) is 0 Å². The second-order valence-electron chi connectivity index (χ2n) is 3.77. The summed E-state index contributed by atoms with van der Waals surface area (Å²) in [5.74, 6) is 0.134. The van der Waals surface area contributed by atoms with Crippen LogP contribution in [0.2, 0.25) is 0 Å². The Bertz CT molecular complexity index is 545. The zero-order chi connectivity index (χ0) is 11.7. The highest BCUT2D eigenvalue weighted by Crippen LogP contribution is 2.23. The highest BCUT2D eigenvalue weighted by Gasteiger charge is 2.13. The molecule has 4 heteroatoms. The molecule has 1 N–H and O–H groups in total. The molecule has 1 aromatic heterocycles. The van der Waals surface area contributed by atoms with Crippen molar-refractivity contribution in [2.24, 2.45) is 7.05 Å². The number of hydrogen-bond donors (Lipinski definition) is 1. The Hall–Kier alpha value is -0.880. The number of ketones is 1. The van der Waals surface area contributed by atoms with Crippen molar-refractivity contribution >= 4 is 39.3 Å². The molecule has 0 aliphatic heterocycles. The number of rotatable bonds is 3. The molecule has 0 unspecified atom stereocenters. The number of likely N-dealkylation sites (N-methyl/N-ethyl adjacent to an activating group) is 1. The number of carbonyl (C=O) groups is 1. The molecule has 2 rings (SSSR count). The summed E-state index contributed by atoms with van der Waals surface area (Å²) in [5, 5.41) is 3.93. The van der Waals surface area contributed by atoms with Gasteiger partial charge in [-0.1, -0.05) is 0 Å². The molecule has 0 saturated heterocycles. The molecule has 2 aromatic rings. The van der Waals surface area contributed by atoms with Crippen molar-refractivity contribution in [1.82, 2.24) is 9.88 Å². The Morgan fingerprint density at radius 2 is 2.25 bits per heavy atom. The van der Waals surface area contributed by atoms with Crippen molar-refractivity contribution in [1.29, 1.82) is 0 Å². The number of Topliss-reactive ketones (excluding diaryl/α,β-unsaturated/α-hetero) is 1. The maximum Gasteiger partial charge on any atom is 0.178 e. The van der Waals surface area contributed by atoms with E-state index in [-0.39, 0.29) is 5.78 Å². The summed E-state index contributed by atoms with van der Waals surface area (Å²) in [6.45, 7) is 0.380. The number of halogens is 1. The van der Waals surface area contributed by atoms with Crippen LogP contribution in [0.5, 0.6) is 0 Å². The third-order valence-electron chi connectivity index (χ3n) is 2.59. The molecule has 3 nitrogen and oxygen atoms in total. The second kappa shape index (κ2) is 4.55. The predicted octanol–water partition coefficient (Wildman–Crippen LogP) is 2.19. The zero-order valence-electron chi connectivity index (χ0n) is 9.25. The molecule has 0 spiro atoms. The van der Waals surface area contributed by atoms with E-state index in [1.54, 1.807) is 7.05 Å². The molecular formula is C12H13IN2O. The lowest BCUT2D eigenvalue weighted by Gasteiger charge is -1.98. The van der Waals surface area contributed by atoms with Gasteiger partial charge in [0.2, 0.25) is 0 Å². The standard InChI is InChI=1S/C12H13IN2O/c1-14-6-12(16)10-7-15(2)11-4-3-8(13)5-9(10)11/h3-5,7,14H,6H2,1-2H3. The van der Waals surface area contributed by atoms with Crippen molar-refractivity contribution in [2.75, 3.05) is 13.6 Å². The van der Waals surface area contributed by atoms with Crippen molar-refractivity contribution in [3.05, 3.63) is 33.5 Å². The van der Waals surface area contributed by atoms with Crippen LogP contribution >= 0.6 is 22.6 Å². The number of aromatic nitrogens is 1. The Labute approximate surface area is 108 Å². The summed E-state index contributed by atoms with van der Waals surface area (Å²) >= 11 is 2.26. The van der Waals surface area contributed by atoms with Gasteiger partial charge in [-0.15, -0.1) is 0 Å². The molecular weight excluding hydrogens is 315 g/mol. The molecule has 16 heavy (non-hydrogen) atoms. The van der Waals surface area contributed by atoms with Crippen LogP contribution < -0.4 is 5.32 Å². The lowest BCUT2D eigenvalue weighted by molar-refractivity contribution is 0.0995. The van der Waals surface area contributed by atoms with E-state index >= 15 is 0 Å². The second-order valence-corrected chi connectivity index (χ2v) is 5.01. The average Bonchev–Trinajstić information content (AvgIpc) is 2.56. The Morgan fingerprint density at radius 3 is 2.94 bits per heavy atom. The number of aryl methyl sites for hydroxylation is 1. The molecule has 0 saturated carbocycles. The van der Waals surface area contributed by atoms with Crippen LogP contribution in [0.3, 0.4) is 0 Å². The summed E-state index contributed by atoms with van der Waals surface area (Å²) in [6.07, 6.45) is 1.90. The quantitative estimate of drug-likeness (QED) is 0.692. The van der Waals surface area contributed by atoms with Crippen molar-refractivity contribution in [2.45, 2.75) is 0 Å². The van der Waals surface area contributed by atoms with Crippen LogP contribution in [0, 0.1) is 3.57 Å². The average molecular weight is 328 g/mol. The van der Waals surface area contributed by atoms with Gasteiger partial charge in [-0.25, -0.2) is 0 Å². The largest absolute Gasteiger partial charge is 0.350 e. The molecule has 0 aliphatic rings. The molecule has 1 heterocycles. The Morgan fingerprint density at radius 1 is 1.50 bits per heavy atom. The Kier molecular flexibility index (Phi) is 3.30. The van der Waals surface area contributed by atoms with Crippen LogP contribution in [0.1, 0.15) is 10.4 Å². The fourth-order valence-corrected chi connectivity index (χ4v) is 2.33. The molecule has 84 valence electrons. The number of nitrogens with one attached hydrogen (secondary N) is 1. The molecule has 0 fully saturated rings. The van der Waals surface area contributed by atoms with Crippen LogP contribution in [0.25, 0.3) is 10.9 Å². The number of benzene rings is 1. The van der Waals surface area contributed by atoms with Crippen molar-refractivity contribution in [3.8, 4) is 0 Å². The minimum Gasteiger partial charge on any atom is -0.350 e. The SMILES string of the molecule is CNCC(=O)c1cn(C)c2ccc(I)cc12. The van der Waals surface area contributed by atoms with E-state index in [1.165, 1.54) is 0 Å². The molecule has 0 amide bonds. The van der Waals surface area contributed by atoms with Gasteiger partial charge in [-0.3, -0.25) is 4.79 Å². The lowest BCUT2D eigenvalue weighted by Crippen LogP contribution is -2.18. The maximum atomic E-state index is 11.9. The first-order chi connectivity index (χ1) is 7.63. The van der Waals surface area contributed by atoms with Gasteiger partial charge in [-0.05, 0) is 47.8 Å². The predicted molar refractivity (Wildman–Crippen MR) is 73.9 cm³/mol. The summed E-state index contributed by atoms with van der Waals surface area (Å²) in [4.78, 5) is 11.9. The van der Waals surface area contributed by atoms with Crippen LogP contribution in [0.15, 0.2) is 24.4 Å². The van der Waals surface area contributed by atoms with Gasteiger partial charge >= 0.3 is 0 Å². The van der Waals surface area contributed by atoms with E-state index in [1.807, 2.05) is 23.9 Å². The maximum absolute atomic E-state index is 11.9. The van der Waals surface area contributed by atoms with Gasteiger partial charge in [0.05, 0.1) is 6.54 Å². The minimum absolute atomic E-state index is 0.134. The van der Waals surface area contributed by atoms with E-state index in [0.717, 1.165) is 20.0 Å². The Balaban J connectivity index is 2.61. The van der Waals surface area contributed by atoms with Crippen LogP contribution in [0.4, 0.5) is 0 Å². The number of hydrogen-bond acceptors (Lipinski definition) is 2. The van der Waals surface area contributed by atoms with Crippen LogP contribution in [-0.2, 0) is 7.05 Å². The fraction of sp³-hybridized carbons (Fsp3) is 0.250. The van der Waals surface area contributed by atoms with Gasteiger partial charge in [0.15, 0.2) is 5.78 Å². The summed E-state index contributed by atoms with van der Waals surface area (Å²) in [5.41, 5.74) is 1.89. The minimum atomic E-state index is 0.134. The van der Waals surface area contributed by atoms with Gasteiger partial charge in [0.1, 0.15) is 0 Å². The topological polar surface area (TPSA) is 34.0 Å². The first-order valence-electron chi connectivity index (χ1n) is 5.06. The molecule has 0 atom stereocenters. The van der Waals surface area contributed by atoms with Crippen LogP contribution in [-0.4, -0.2) is 23.9 Å². The fourth-order valence-electron chi connectivity index (χ4n) is 1.84. The van der Waals surface area contributed by atoms with E-state index < -0.39 is 0 Å². The third kappa shape index (κ3) is 1.99. The van der Waals surface area contributed by atoms with E-state index in [4.69, 9.17) is 0 Å². The van der Waals surface area contributed by atoms with Gasteiger partial charge < -0.3 is 9.88 Å². The smallest absolute Gasteiger partial charge is 0.178 e. The van der Waals surface area contributed by atoms with Crippen molar-refractivity contribution < 1.29 is 4.79 Å². The molecule has 0 aliphatic carbocycles. The van der Waals surface area contributed by atoms with E-state index in [2.05, 4.69) is 40.0 Å². The monoisotopic (exact) mass is 328 g/mol. The number of nitrogens with zero attached hydrogens (tertiary/aromatic N) is 1. The zero-order valence-corrected chi connectivity index (χ0v) is 11.4. The van der Waals surface area contributed by atoms with E-state index in [0.29, 0.717) is 6.54 Å². The molecule has 1 aromatic carbocycles. The highest BCUT2D eigenvalue weighted by atomic mass is 127. The summed E-state index contributed by atoms with van der Waals surface area (Å²) in [6, 6.07) is 6.15. The first kappa shape index (κ1) is 11.6. The number of carbonyl (C=O) groups excluding carboxylic acids is 1. The summed E-state index contributed by atoms with van der Waals surface area (Å²) in [7, 11) is 3.75. The van der Waals surface area contributed by atoms with Gasteiger partial charge in [0, 0.05) is 33.3 Å². The number of fused-ring (bicyclic) bond motifs is 1. The third-order valence-corrected chi connectivity index (χ3v) is 3.26. The molecule has 0 radical (unpaired) electrons. The highest BCUT2D eigenvalue weighted by molar-refractivity contribution is 14.1.